The molecule has 0 fully saturated rings. The molecule has 0 atom stereocenters. The Morgan fingerprint density at radius 3 is 2.42 bits per heavy atom. The van der Waals surface area contributed by atoms with Crippen LogP contribution in [-0.2, 0) is 4.74 Å². The Balaban J connectivity index is 2.47. The minimum atomic E-state index is 0.255. The maximum Gasteiger partial charge on any atom is 0.0922 e. The molecule has 64 valence electrons. The molecular formula is C11H14O. The van der Waals surface area contributed by atoms with Gasteiger partial charge in [-0.3, -0.25) is 0 Å². The monoisotopic (exact) mass is 162 g/mol. The molecule has 0 unspecified atom stereocenters. The molecule has 1 heteroatoms. The van der Waals surface area contributed by atoms with Gasteiger partial charge in [0, 0.05) is 0 Å². The summed E-state index contributed by atoms with van der Waals surface area (Å²) in [5.41, 5.74) is 1.16. The summed E-state index contributed by atoms with van der Waals surface area (Å²) < 4.78 is 5.27. The first-order chi connectivity index (χ1) is 5.79. The Labute approximate surface area is 73.7 Å². The largest absolute Gasteiger partial charge is 0.499 e. The lowest BCUT2D eigenvalue weighted by Crippen LogP contribution is -1.94. The van der Waals surface area contributed by atoms with Crippen LogP contribution in [0.15, 0.2) is 36.6 Å². The fourth-order valence-corrected chi connectivity index (χ4v) is 0.839. The van der Waals surface area contributed by atoms with Crippen LogP contribution in [0.1, 0.15) is 19.4 Å². The third-order valence-corrected chi connectivity index (χ3v) is 1.41. The van der Waals surface area contributed by atoms with Crippen LogP contribution in [0.4, 0.5) is 0 Å². The van der Waals surface area contributed by atoms with E-state index in [1.54, 1.807) is 6.26 Å². The summed E-state index contributed by atoms with van der Waals surface area (Å²) in [4.78, 5) is 0. The predicted molar refractivity (Wildman–Crippen MR) is 51.7 cm³/mol. The van der Waals surface area contributed by atoms with Crippen molar-refractivity contribution >= 4 is 6.08 Å². The molecule has 0 bridgehead atoms. The van der Waals surface area contributed by atoms with Crippen molar-refractivity contribution in [2.24, 2.45) is 0 Å². The van der Waals surface area contributed by atoms with E-state index in [1.165, 1.54) is 0 Å². The van der Waals surface area contributed by atoms with E-state index in [9.17, 15) is 0 Å². The van der Waals surface area contributed by atoms with Crippen LogP contribution in [0, 0.1) is 0 Å². The molecule has 1 aromatic rings. The van der Waals surface area contributed by atoms with Gasteiger partial charge >= 0.3 is 0 Å². The van der Waals surface area contributed by atoms with E-state index in [0.717, 1.165) is 5.56 Å². The lowest BCUT2D eigenvalue weighted by Gasteiger charge is -2.02. The normalized spacial score (nSPS) is 10.9. The van der Waals surface area contributed by atoms with Crippen molar-refractivity contribution in [3.05, 3.63) is 42.2 Å². The van der Waals surface area contributed by atoms with Crippen LogP contribution in [-0.4, -0.2) is 6.10 Å². The fraction of sp³-hybridized carbons (Fsp3) is 0.273. The Bertz CT molecular complexity index is 236. The second-order valence-corrected chi connectivity index (χ2v) is 2.90. The number of hydrogen-bond acceptors (Lipinski definition) is 1. The summed E-state index contributed by atoms with van der Waals surface area (Å²) in [6.45, 7) is 4.02. The standard InChI is InChI=1S/C11H14O/c1-10(2)12-9-8-11-6-4-3-5-7-11/h3-10H,1-2H3/b9-8+. The van der Waals surface area contributed by atoms with Gasteiger partial charge in [-0.1, -0.05) is 30.3 Å². The van der Waals surface area contributed by atoms with E-state index < -0.39 is 0 Å². The zero-order valence-electron chi connectivity index (χ0n) is 7.53. The summed E-state index contributed by atoms with van der Waals surface area (Å²) in [5.74, 6) is 0. The average Bonchev–Trinajstić information content (AvgIpc) is 2.05. The quantitative estimate of drug-likeness (QED) is 0.620. The van der Waals surface area contributed by atoms with Gasteiger partial charge in [0.2, 0.25) is 0 Å². The molecule has 1 aromatic carbocycles. The molecule has 1 nitrogen and oxygen atoms in total. The summed E-state index contributed by atoms with van der Waals surface area (Å²) in [5, 5.41) is 0. The summed E-state index contributed by atoms with van der Waals surface area (Å²) >= 11 is 0. The van der Waals surface area contributed by atoms with Gasteiger partial charge in [-0.15, -0.1) is 0 Å². The molecule has 0 amide bonds. The molecule has 0 spiro atoms. The Morgan fingerprint density at radius 1 is 1.17 bits per heavy atom. The molecule has 0 aliphatic rings. The van der Waals surface area contributed by atoms with Crippen molar-refractivity contribution in [3.8, 4) is 0 Å². The van der Waals surface area contributed by atoms with Gasteiger partial charge in [-0.2, -0.15) is 0 Å². The second-order valence-electron chi connectivity index (χ2n) is 2.90. The highest BCUT2D eigenvalue weighted by Crippen LogP contribution is 2.01. The third kappa shape index (κ3) is 3.24. The van der Waals surface area contributed by atoms with Gasteiger partial charge in [0.25, 0.3) is 0 Å². The van der Waals surface area contributed by atoms with E-state index in [-0.39, 0.29) is 6.10 Å². The average molecular weight is 162 g/mol. The number of rotatable bonds is 3. The lowest BCUT2D eigenvalue weighted by molar-refractivity contribution is 0.181. The van der Waals surface area contributed by atoms with Crippen LogP contribution in [0.3, 0.4) is 0 Å². The molecule has 0 N–H and O–H groups in total. The Kier molecular flexibility index (Phi) is 3.39. The van der Waals surface area contributed by atoms with Crippen molar-refractivity contribution in [1.29, 1.82) is 0 Å². The van der Waals surface area contributed by atoms with Gasteiger partial charge in [-0.05, 0) is 25.5 Å². The van der Waals surface area contributed by atoms with Crippen LogP contribution in [0.25, 0.3) is 6.08 Å². The van der Waals surface area contributed by atoms with E-state index >= 15 is 0 Å². The van der Waals surface area contributed by atoms with Crippen LogP contribution >= 0.6 is 0 Å². The van der Waals surface area contributed by atoms with E-state index in [0.29, 0.717) is 0 Å². The first kappa shape index (κ1) is 8.85. The molecule has 0 saturated carbocycles. The topological polar surface area (TPSA) is 9.23 Å². The predicted octanol–water partition coefficient (Wildman–Crippen LogP) is 3.08. The van der Waals surface area contributed by atoms with E-state index in [2.05, 4.69) is 0 Å². The van der Waals surface area contributed by atoms with Crippen LogP contribution in [0.5, 0.6) is 0 Å². The molecule has 0 aromatic heterocycles. The van der Waals surface area contributed by atoms with Gasteiger partial charge in [-0.25, -0.2) is 0 Å². The maximum absolute atomic E-state index is 5.27. The van der Waals surface area contributed by atoms with E-state index in [4.69, 9.17) is 4.74 Å². The molecule has 0 aliphatic carbocycles. The van der Waals surface area contributed by atoms with Crippen LogP contribution in [0.2, 0.25) is 0 Å². The molecule has 0 aliphatic heterocycles. The highest BCUT2D eigenvalue weighted by atomic mass is 16.5. The minimum absolute atomic E-state index is 0.255. The molecule has 0 heterocycles. The van der Waals surface area contributed by atoms with Crippen molar-refractivity contribution in [2.45, 2.75) is 20.0 Å². The number of ether oxygens (including phenoxy) is 1. The third-order valence-electron chi connectivity index (χ3n) is 1.41. The van der Waals surface area contributed by atoms with Crippen molar-refractivity contribution in [1.82, 2.24) is 0 Å². The summed E-state index contributed by atoms with van der Waals surface area (Å²) in [6, 6.07) is 10.1. The molecule has 0 saturated heterocycles. The summed E-state index contributed by atoms with van der Waals surface area (Å²) in [7, 11) is 0. The first-order valence-corrected chi connectivity index (χ1v) is 4.16. The Morgan fingerprint density at radius 2 is 1.83 bits per heavy atom. The summed E-state index contributed by atoms with van der Waals surface area (Å²) in [6.07, 6.45) is 3.95. The van der Waals surface area contributed by atoms with E-state index in [1.807, 2.05) is 50.3 Å². The highest BCUT2D eigenvalue weighted by Gasteiger charge is 1.86. The minimum Gasteiger partial charge on any atom is -0.499 e. The van der Waals surface area contributed by atoms with Crippen molar-refractivity contribution in [2.75, 3.05) is 0 Å². The molecule has 12 heavy (non-hydrogen) atoms. The van der Waals surface area contributed by atoms with Gasteiger partial charge in [0.15, 0.2) is 0 Å². The second kappa shape index (κ2) is 4.60. The van der Waals surface area contributed by atoms with Crippen LogP contribution < -0.4 is 0 Å². The van der Waals surface area contributed by atoms with Gasteiger partial charge in [0.1, 0.15) is 0 Å². The zero-order valence-corrected chi connectivity index (χ0v) is 7.53. The molecule has 1 rings (SSSR count). The fourth-order valence-electron chi connectivity index (χ4n) is 0.839. The van der Waals surface area contributed by atoms with Crippen molar-refractivity contribution in [3.63, 3.8) is 0 Å². The number of benzene rings is 1. The molecule has 0 radical (unpaired) electrons. The maximum atomic E-state index is 5.27. The Hall–Kier alpha value is -1.24. The highest BCUT2D eigenvalue weighted by molar-refractivity contribution is 5.47. The smallest absolute Gasteiger partial charge is 0.0922 e. The van der Waals surface area contributed by atoms with Gasteiger partial charge < -0.3 is 4.74 Å². The first-order valence-electron chi connectivity index (χ1n) is 4.16. The lowest BCUT2D eigenvalue weighted by atomic mass is 10.2. The van der Waals surface area contributed by atoms with Gasteiger partial charge in [0.05, 0.1) is 12.4 Å². The zero-order chi connectivity index (χ0) is 8.81. The van der Waals surface area contributed by atoms with Crippen molar-refractivity contribution < 1.29 is 4.74 Å². The SMILES string of the molecule is CC(C)O/C=C/c1ccccc1. The number of hydrogen-bond donors (Lipinski definition) is 0. The molecular weight excluding hydrogens is 148 g/mol.